The molecule has 1 aliphatic heterocycles. The van der Waals surface area contributed by atoms with Crippen LogP contribution in [0, 0.1) is 6.92 Å². The molecule has 5 rings (SSSR count). The van der Waals surface area contributed by atoms with Gasteiger partial charge in [0.15, 0.2) is 23.1 Å². The van der Waals surface area contributed by atoms with Gasteiger partial charge in [-0.25, -0.2) is 0 Å². The summed E-state index contributed by atoms with van der Waals surface area (Å²) in [6.45, 7) is 5.24. The van der Waals surface area contributed by atoms with E-state index in [-0.39, 0.29) is 11.6 Å². The molecular formula is C30H32ClNO4. The van der Waals surface area contributed by atoms with Crippen LogP contribution in [-0.4, -0.2) is 30.1 Å². The van der Waals surface area contributed by atoms with Crippen molar-refractivity contribution in [3.05, 3.63) is 80.7 Å². The molecule has 6 heteroatoms. The fourth-order valence-electron chi connectivity index (χ4n) is 5.94. The van der Waals surface area contributed by atoms with E-state index in [4.69, 9.17) is 21.1 Å². The van der Waals surface area contributed by atoms with Crippen molar-refractivity contribution >= 4 is 23.2 Å². The molecule has 36 heavy (non-hydrogen) atoms. The van der Waals surface area contributed by atoms with Crippen molar-refractivity contribution in [2.24, 2.45) is 0 Å². The monoisotopic (exact) mass is 505 g/mol. The van der Waals surface area contributed by atoms with E-state index in [9.17, 15) is 9.59 Å². The first-order valence-electron chi connectivity index (χ1n) is 12.8. The third kappa shape index (κ3) is 4.34. The predicted octanol–water partition coefficient (Wildman–Crippen LogP) is 6.67. The van der Waals surface area contributed by atoms with Gasteiger partial charge in [-0.05, 0) is 62.8 Å². The fraction of sp³-hybridized carbons (Fsp3) is 0.400. The normalized spacial score (nSPS) is 18.4. The highest BCUT2D eigenvalue weighted by molar-refractivity contribution is 6.32. The average Bonchev–Trinajstić information content (AvgIpc) is 2.86. The van der Waals surface area contributed by atoms with Gasteiger partial charge < -0.3 is 14.4 Å². The Balaban J connectivity index is 1.59. The summed E-state index contributed by atoms with van der Waals surface area (Å²) in [7, 11) is 1.58. The summed E-state index contributed by atoms with van der Waals surface area (Å²) >= 11 is 6.79. The highest BCUT2D eigenvalue weighted by Gasteiger charge is 2.43. The molecular weight excluding hydrogens is 474 g/mol. The van der Waals surface area contributed by atoms with Crippen molar-refractivity contribution in [3.63, 3.8) is 0 Å². The molecule has 188 valence electrons. The number of rotatable bonds is 6. The molecule has 1 heterocycles. The second-order valence-electron chi connectivity index (χ2n) is 9.76. The topological polar surface area (TPSA) is 55.8 Å². The molecule has 0 radical (unpaired) electrons. The maximum atomic E-state index is 13.3. The van der Waals surface area contributed by atoms with Gasteiger partial charge in [0.05, 0.1) is 12.1 Å². The second kappa shape index (κ2) is 10.1. The maximum absolute atomic E-state index is 13.3. The molecule has 5 nitrogen and oxygen atoms in total. The van der Waals surface area contributed by atoms with Gasteiger partial charge in [-0.15, -0.1) is 0 Å². The third-order valence-corrected chi connectivity index (χ3v) is 7.73. The largest absolute Gasteiger partial charge is 0.493 e. The zero-order valence-electron chi connectivity index (χ0n) is 21.2. The summed E-state index contributed by atoms with van der Waals surface area (Å²) in [5, 5.41) is 0.408. The molecule has 0 atom stereocenters. The SMILES string of the molecule is CCN1C2=C(C(=O)CCC2)C(c2cc(Cl)c(OCc3cccc(C)c3)c(OC)c2)C2=C1CCCC2=O. The van der Waals surface area contributed by atoms with Crippen LogP contribution in [0.25, 0.3) is 0 Å². The van der Waals surface area contributed by atoms with Gasteiger partial charge in [-0.3, -0.25) is 9.59 Å². The van der Waals surface area contributed by atoms with E-state index in [0.29, 0.717) is 36.0 Å². The van der Waals surface area contributed by atoms with Crippen molar-refractivity contribution in [1.82, 2.24) is 4.90 Å². The number of carbonyl (C=O) groups is 2. The molecule has 2 aromatic carbocycles. The first-order valence-corrected chi connectivity index (χ1v) is 13.2. The van der Waals surface area contributed by atoms with E-state index in [1.165, 1.54) is 0 Å². The van der Waals surface area contributed by atoms with Gasteiger partial charge in [0.1, 0.15) is 6.61 Å². The Hall–Kier alpha value is -3.05. The lowest BCUT2D eigenvalue weighted by atomic mass is 9.71. The number of hydrogen-bond donors (Lipinski definition) is 0. The molecule has 0 fully saturated rings. The van der Waals surface area contributed by atoms with Crippen molar-refractivity contribution in [3.8, 4) is 11.5 Å². The lowest BCUT2D eigenvalue weighted by Crippen LogP contribution is -2.39. The highest BCUT2D eigenvalue weighted by atomic mass is 35.5. The predicted molar refractivity (Wildman–Crippen MR) is 140 cm³/mol. The molecule has 2 aliphatic carbocycles. The smallest absolute Gasteiger partial charge is 0.180 e. The van der Waals surface area contributed by atoms with E-state index in [0.717, 1.165) is 71.5 Å². The van der Waals surface area contributed by atoms with Gasteiger partial charge in [0.2, 0.25) is 0 Å². The number of ketones is 2. The summed E-state index contributed by atoms with van der Waals surface area (Å²) in [4.78, 5) is 28.9. The van der Waals surface area contributed by atoms with E-state index < -0.39 is 5.92 Å². The van der Waals surface area contributed by atoms with Gasteiger partial charge in [0, 0.05) is 47.8 Å². The summed E-state index contributed by atoms with van der Waals surface area (Å²) in [5.74, 6) is 0.789. The van der Waals surface area contributed by atoms with E-state index >= 15 is 0 Å². The number of nitrogens with zero attached hydrogens (tertiary/aromatic N) is 1. The highest BCUT2D eigenvalue weighted by Crippen LogP contribution is 2.51. The summed E-state index contributed by atoms with van der Waals surface area (Å²) in [5.41, 5.74) is 6.65. The first-order chi connectivity index (χ1) is 17.4. The van der Waals surface area contributed by atoms with Gasteiger partial charge in [-0.2, -0.15) is 0 Å². The molecule has 3 aliphatic rings. The van der Waals surface area contributed by atoms with Crippen molar-refractivity contribution in [2.45, 2.75) is 64.9 Å². The van der Waals surface area contributed by atoms with E-state index in [2.05, 4.69) is 17.9 Å². The van der Waals surface area contributed by atoms with Crippen LogP contribution < -0.4 is 9.47 Å². The van der Waals surface area contributed by atoms with Crippen molar-refractivity contribution in [1.29, 1.82) is 0 Å². The number of methoxy groups -OCH3 is 1. The molecule has 0 saturated heterocycles. The second-order valence-corrected chi connectivity index (χ2v) is 10.2. The molecule has 0 amide bonds. The maximum Gasteiger partial charge on any atom is 0.180 e. The van der Waals surface area contributed by atoms with Crippen molar-refractivity contribution in [2.75, 3.05) is 13.7 Å². The molecule has 0 unspecified atom stereocenters. The minimum Gasteiger partial charge on any atom is -0.493 e. The summed E-state index contributed by atoms with van der Waals surface area (Å²) in [6.07, 6.45) is 4.39. The Bertz CT molecular complexity index is 1250. The van der Waals surface area contributed by atoms with E-state index in [1.54, 1.807) is 7.11 Å². The van der Waals surface area contributed by atoms with Gasteiger partial charge in [-0.1, -0.05) is 41.4 Å². The Morgan fingerprint density at radius 3 is 2.22 bits per heavy atom. The van der Waals surface area contributed by atoms with Crippen LogP contribution in [0.2, 0.25) is 5.02 Å². The number of Topliss-reactive ketones (excluding diaryl/α,β-unsaturated/α-hetero) is 2. The lowest BCUT2D eigenvalue weighted by Gasteiger charge is -2.43. The minimum atomic E-state index is -0.421. The zero-order chi connectivity index (χ0) is 25.4. The Kier molecular flexibility index (Phi) is 6.94. The average molecular weight is 506 g/mol. The molecule has 2 aromatic rings. The lowest BCUT2D eigenvalue weighted by molar-refractivity contribution is -0.117. The minimum absolute atomic E-state index is 0.125. The summed E-state index contributed by atoms with van der Waals surface area (Å²) < 4.78 is 11.8. The molecule has 0 bridgehead atoms. The Labute approximate surface area is 217 Å². The van der Waals surface area contributed by atoms with Crippen LogP contribution in [0.5, 0.6) is 11.5 Å². The molecule has 0 aromatic heterocycles. The first kappa shape index (κ1) is 24.6. The van der Waals surface area contributed by atoms with Crippen LogP contribution in [0.3, 0.4) is 0 Å². The fourth-order valence-corrected chi connectivity index (χ4v) is 6.21. The number of benzene rings is 2. The summed E-state index contributed by atoms with van der Waals surface area (Å²) in [6, 6.07) is 11.9. The Morgan fingerprint density at radius 2 is 1.64 bits per heavy atom. The molecule has 0 N–H and O–H groups in total. The van der Waals surface area contributed by atoms with Crippen LogP contribution in [0.15, 0.2) is 58.9 Å². The number of carbonyl (C=O) groups excluding carboxylic acids is 2. The number of aryl methyl sites for hydroxylation is 1. The number of ether oxygens (including phenoxy) is 2. The van der Waals surface area contributed by atoms with Gasteiger partial charge >= 0.3 is 0 Å². The van der Waals surface area contributed by atoms with Crippen LogP contribution in [0.1, 0.15) is 68.1 Å². The molecule has 0 spiro atoms. The number of allylic oxidation sites excluding steroid dienone is 4. The zero-order valence-corrected chi connectivity index (χ0v) is 21.9. The number of halogens is 1. The quantitative estimate of drug-likeness (QED) is 0.439. The van der Waals surface area contributed by atoms with Crippen LogP contribution in [0.4, 0.5) is 0 Å². The van der Waals surface area contributed by atoms with Gasteiger partial charge in [0.25, 0.3) is 0 Å². The van der Waals surface area contributed by atoms with E-state index in [1.807, 2.05) is 37.3 Å². The Morgan fingerprint density at radius 1 is 0.972 bits per heavy atom. The number of hydrogen-bond acceptors (Lipinski definition) is 5. The third-order valence-electron chi connectivity index (χ3n) is 7.45. The molecule has 0 saturated carbocycles. The van der Waals surface area contributed by atoms with Crippen molar-refractivity contribution < 1.29 is 19.1 Å². The standard InChI is InChI=1S/C30H32ClNO4/c1-4-32-22-10-6-12-24(33)28(22)27(29-23(32)11-7-13-25(29)34)20-15-21(31)30(26(16-20)35-3)36-17-19-9-5-8-18(2)14-19/h5,8-9,14-16,27H,4,6-7,10-13,17H2,1-3H3. The van der Waals surface area contributed by atoms with Crippen LogP contribution in [-0.2, 0) is 16.2 Å². The van der Waals surface area contributed by atoms with Crippen LogP contribution >= 0.6 is 11.6 Å².